The summed E-state index contributed by atoms with van der Waals surface area (Å²) >= 11 is 0. The zero-order valence-corrected chi connectivity index (χ0v) is 9.33. The van der Waals surface area contributed by atoms with Crippen LogP contribution in [0.3, 0.4) is 0 Å². The molecule has 1 atom stereocenters. The van der Waals surface area contributed by atoms with Crippen molar-refractivity contribution >= 4 is 5.78 Å². The summed E-state index contributed by atoms with van der Waals surface area (Å²) in [4.78, 5) is 13.5. The Hall–Kier alpha value is -0.410. The summed E-state index contributed by atoms with van der Waals surface area (Å²) in [7, 11) is 0. The van der Waals surface area contributed by atoms with Crippen LogP contribution >= 0.6 is 0 Å². The van der Waals surface area contributed by atoms with Gasteiger partial charge < -0.3 is 5.73 Å². The zero-order chi connectivity index (χ0) is 10.6. The van der Waals surface area contributed by atoms with Crippen LogP contribution in [-0.2, 0) is 4.79 Å². The fourth-order valence-corrected chi connectivity index (χ4v) is 1.90. The lowest BCUT2D eigenvalue weighted by Gasteiger charge is -2.31. The van der Waals surface area contributed by atoms with Crippen molar-refractivity contribution in [2.75, 3.05) is 13.1 Å². The van der Waals surface area contributed by atoms with Gasteiger partial charge in [-0.15, -0.1) is 0 Å². The number of ketones is 1. The van der Waals surface area contributed by atoms with Crippen LogP contribution in [0, 0.1) is 5.92 Å². The lowest BCUT2D eigenvalue weighted by Crippen LogP contribution is -2.51. The Bertz CT molecular complexity index is 192. The number of nitrogens with two attached hydrogens (primary N) is 1. The van der Waals surface area contributed by atoms with Gasteiger partial charge in [-0.1, -0.05) is 13.8 Å². The molecule has 1 rings (SSSR count). The summed E-state index contributed by atoms with van der Waals surface area (Å²) in [6.07, 6.45) is 3.70. The molecule has 82 valence electrons. The van der Waals surface area contributed by atoms with Crippen molar-refractivity contribution in [1.29, 1.82) is 0 Å². The molecule has 0 saturated carbocycles. The molecule has 1 heterocycles. The summed E-state index contributed by atoms with van der Waals surface area (Å²) in [5, 5.41) is 0. The van der Waals surface area contributed by atoms with Crippen LogP contribution in [0.1, 0.15) is 39.5 Å². The minimum absolute atomic E-state index is 0.209. The highest BCUT2D eigenvalue weighted by Gasteiger charge is 2.25. The number of likely N-dealkylation sites (tertiary alicyclic amines) is 1. The SMILES string of the molecule is CC(C)CCCN1CCCC(=O)C1N. The first kappa shape index (κ1) is 11.7. The van der Waals surface area contributed by atoms with Crippen molar-refractivity contribution < 1.29 is 4.79 Å². The lowest BCUT2D eigenvalue weighted by atomic mass is 10.0. The Morgan fingerprint density at radius 3 is 2.93 bits per heavy atom. The smallest absolute Gasteiger partial charge is 0.164 e. The van der Waals surface area contributed by atoms with Gasteiger partial charge in [-0.2, -0.15) is 0 Å². The number of hydrogen-bond acceptors (Lipinski definition) is 3. The van der Waals surface area contributed by atoms with E-state index in [-0.39, 0.29) is 11.9 Å². The molecule has 0 bridgehead atoms. The van der Waals surface area contributed by atoms with Crippen molar-refractivity contribution in [3.63, 3.8) is 0 Å². The molecule has 1 aliphatic rings. The van der Waals surface area contributed by atoms with E-state index in [2.05, 4.69) is 18.7 Å². The second-order valence-corrected chi connectivity index (χ2v) is 4.59. The minimum Gasteiger partial charge on any atom is -0.309 e. The molecule has 2 N–H and O–H groups in total. The summed E-state index contributed by atoms with van der Waals surface area (Å²) in [5.41, 5.74) is 5.82. The van der Waals surface area contributed by atoms with E-state index >= 15 is 0 Å². The molecule has 0 aromatic heterocycles. The number of carbonyl (C=O) groups excluding carboxylic acids is 1. The molecule has 3 heteroatoms. The van der Waals surface area contributed by atoms with Crippen molar-refractivity contribution in [1.82, 2.24) is 4.90 Å². The van der Waals surface area contributed by atoms with Gasteiger partial charge in [0.15, 0.2) is 5.78 Å². The molecular formula is C11H22N2O. The summed E-state index contributed by atoms with van der Waals surface area (Å²) in [5.74, 6) is 0.951. The highest BCUT2D eigenvalue weighted by Crippen LogP contribution is 2.12. The van der Waals surface area contributed by atoms with Crippen LogP contribution in [0.2, 0.25) is 0 Å². The van der Waals surface area contributed by atoms with Crippen LogP contribution in [0.5, 0.6) is 0 Å². The largest absolute Gasteiger partial charge is 0.309 e. The third-order valence-corrected chi connectivity index (χ3v) is 2.82. The first-order chi connectivity index (χ1) is 6.61. The van der Waals surface area contributed by atoms with E-state index in [1.54, 1.807) is 0 Å². The van der Waals surface area contributed by atoms with E-state index in [0.717, 1.165) is 31.8 Å². The molecule has 1 fully saturated rings. The average molecular weight is 198 g/mol. The van der Waals surface area contributed by atoms with Crippen LogP contribution < -0.4 is 5.73 Å². The normalized spacial score (nSPS) is 24.6. The van der Waals surface area contributed by atoms with E-state index in [9.17, 15) is 4.79 Å². The summed E-state index contributed by atoms with van der Waals surface area (Å²) in [6.45, 7) is 6.42. The van der Waals surface area contributed by atoms with Crippen molar-refractivity contribution in [3.8, 4) is 0 Å². The lowest BCUT2D eigenvalue weighted by molar-refractivity contribution is -0.126. The average Bonchev–Trinajstić information content (AvgIpc) is 2.12. The molecule has 3 nitrogen and oxygen atoms in total. The molecule has 0 aromatic rings. The molecule has 14 heavy (non-hydrogen) atoms. The van der Waals surface area contributed by atoms with Gasteiger partial charge in [0.25, 0.3) is 0 Å². The molecule has 0 aliphatic carbocycles. The van der Waals surface area contributed by atoms with Crippen molar-refractivity contribution in [2.24, 2.45) is 11.7 Å². The number of carbonyl (C=O) groups is 1. The van der Waals surface area contributed by atoms with Crippen LogP contribution in [0.15, 0.2) is 0 Å². The molecule has 1 unspecified atom stereocenters. The number of nitrogens with zero attached hydrogens (tertiary/aromatic N) is 1. The quantitative estimate of drug-likeness (QED) is 0.742. The van der Waals surface area contributed by atoms with E-state index in [1.807, 2.05) is 0 Å². The Morgan fingerprint density at radius 1 is 1.57 bits per heavy atom. The van der Waals surface area contributed by atoms with E-state index < -0.39 is 0 Å². The van der Waals surface area contributed by atoms with Crippen LogP contribution in [0.25, 0.3) is 0 Å². The van der Waals surface area contributed by atoms with Gasteiger partial charge in [0, 0.05) is 19.5 Å². The first-order valence-electron chi connectivity index (χ1n) is 5.63. The van der Waals surface area contributed by atoms with Gasteiger partial charge in [-0.3, -0.25) is 9.69 Å². The highest BCUT2D eigenvalue weighted by molar-refractivity contribution is 5.83. The second kappa shape index (κ2) is 5.47. The Kier molecular flexibility index (Phi) is 4.55. The first-order valence-corrected chi connectivity index (χ1v) is 5.63. The van der Waals surface area contributed by atoms with E-state index in [1.165, 1.54) is 6.42 Å². The van der Waals surface area contributed by atoms with E-state index in [4.69, 9.17) is 5.73 Å². The van der Waals surface area contributed by atoms with Crippen LogP contribution in [-0.4, -0.2) is 29.9 Å². The fraction of sp³-hybridized carbons (Fsp3) is 0.909. The number of rotatable bonds is 4. The molecule has 1 aliphatic heterocycles. The fourth-order valence-electron chi connectivity index (χ4n) is 1.90. The predicted molar refractivity (Wildman–Crippen MR) is 57.9 cm³/mol. The topological polar surface area (TPSA) is 46.3 Å². The Labute approximate surface area is 86.6 Å². The van der Waals surface area contributed by atoms with Gasteiger partial charge in [0.05, 0.1) is 0 Å². The Morgan fingerprint density at radius 2 is 2.29 bits per heavy atom. The van der Waals surface area contributed by atoms with Gasteiger partial charge in [-0.05, 0) is 25.2 Å². The van der Waals surface area contributed by atoms with Gasteiger partial charge in [0.1, 0.15) is 6.17 Å². The predicted octanol–water partition coefficient (Wildman–Crippen LogP) is 1.37. The molecular weight excluding hydrogens is 176 g/mol. The Balaban J connectivity index is 2.25. The monoisotopic (exact) mass is 198 g/mol. The third-order valence-electron chi connectivity index (χ3n) is 2.82. The molecule has 0 aromatic carbocycles. The van der Waals surface area contributed by atoms with Crippen molar-refractivity contribution in [3.05, 3.63) is 0 Å². The van der Waals surface area contributed by atoms with Crippen LogP contribution in [0.4, 0.5) is 0 Å². The van der Waals surface area contributed by atoms with Gasteiger partial charge in [-0.25, -0.2) is 0 Å². The minimum atomic E-state index is -0.323. The second-order valence-electron chi connectivity index (χ2n) is 4.59. The van der Waals surface area contributed by atoms with Gasteiger partial charge in [0.2, 0.25) is 0 Å². The number of piperidine rings is 1. The van der Waals surface area contributed by atoms with Crippen molar-refractivity contribution in [2.45, 2.75) is 45.7 Å². The zero-order valence-electron chi connectivity index (χ0n) is 9.33. The maximum atomic E-state index is 11.3. The standard InChI is InChI=1S/C11H22N2O/c1-9(2)5-3-7-13-8-4-6-10(14)11(13)12/h9,11H,3-8,12H2,1-2H3. The number of Topliss-reactive ketones (excluding diaryl/α,β-unsaturated/α-hetero) is 1. The summed E-state index contributed by atoms with van der Waals surface area (Å²) < 4.78 is 0. The third kappa shape index (κ3) is 3.39. The maximum absolute atomic E-state index is 11.3. The highest BCUT2D eigenvalue weighted by atomic mass is 16.1. The van der Waals surface area contributed by atoms with E-state index in [0.29, 0.717) is 6.42 Å². The molecule has 0 amide bonds. The number of hydrogen-bond donors (Lipinski definition) is 1. The maximum Gasteiger partial charge on any atom is 0.164 e. The summed E-state index contributed by atoms with van der Waals surface area (Å²) in [6, 6.07) is 0. The molecule has 0 spiro atoms. The molecule has 1 saturated heterocycles. The van der Waals surface area contributed by atoms with Gasteiger partial charge >= 0.3 is 0 Å². The molecule has 0 radical (unpaired) electrons.